The highest BCUT2D eigenvalue weighted by atomic mass is 35.5. The summed E-state index contributed by atoms with van der Waals surface area (Å²) in [5.74, 6) is -0.384. The molecule has 1 N–H and O–H groups in total. The van der Waals surface area contributed by atoms with Gasteiger partial charge in [0, 0.05) is 34.5 Å². The summed E-state index contributed by atoms with van der Waals surface area (Å²) in [7, 11) is 0. The quantitative estimate of drug-likeness (QED) is 0.138. The first-order chi connectivity index (χ1) is 24.9. The molecule has 1 aliphatic rings. The number of hydrogen-bond donors (Lipinski definition) is 1. The van der Waals surface area contributed by atoms with Gasteiger partial charge in [-0.05, 0) is 64.9 Å². The molecule has 5 aromatic carbocycles. The van der Waals surface area contributed by atoms with Gasteiger partial charge in [0.05, 0.1) is 18.0 Å². The Morgan fingerprint density at radius 1 is 0.765 bits per heavy atom. The van der Waals surface area contributed by atoms with Crippen LogP contribution < -0.4 is 5.32 Å². The lowest BCUT2D eigenvalue weighted by molar-refractivity contribution is 0.0964. The number of carbonyl (C=O) groups excluding carboxylic acids is 2. The number of rotatable bonds is 11. The summed E-state index contributed by atoms with van der Waals surface area (Å²) in [6.07, 6.45) is 3.67. The molecule has 3 atom stereocenters. The van der Waals surface area contributed by atoms with E-state index in [1.807, 2.05) is 65.3 Å². The molecule has 0 fully saturated rings. The number of aryl methyl sites for hydroxylation is 2. The predicted molar refractivity (Wildman–Crippen MR) is 206 cm³/mol. The molecule has 0 unspecified atom stereocenters. The second kappa shape index (κ2) is 15.1. The molecular formula is C44H39ClN4O2. The molecule has 51 heavy (non-hydrogen) atoms. The lowest BCUT2D eigenvalue weighted by Gasteiger charge is -2.38. The highest BCUT2D eigenvalue weighted by molar-refractivity contribution is 6.30. The average molecular weight is 691 g/mol. The number of Topliss-reactive ketones (excluding diaryl/α,β-unsaturated/α-hetero) is 1. The number of benzene rings is 5. The van der Waals surface area contributed by atoms with Crippen LogP contribution >= 0.6 is 11.6 Å². The van der Waals surface area contributed by atoms with E-state index in [0.29, 0.717) is 27.7 Å². The molecule has 0 spiro atoms. The molecule has 1 amide bonds. The van der Waals surface area contributed by atoms with Crippen molar-refractivity contribution < 1.29 is 9.59 Å². The Hall–Kier alpha value is -5.59. The fraction of sp³-hybridized carbons (Fsp3) is 0.182. The minimum Gasteiger partial charge on any atom is -0.322 e. The van der Waals surface area contributed by atoms with Crippen LogP contribution in [0.15, 0.2) is 145 Å². The number of fused-ring (bicyclic) bond motifs is 1. The number of amides is 1. The first kappa shape index (κ1) is 33.9. The Balaban J connectivity index is 1.41. The molecule has 6 nitrogen and oxygen atoms in total. The van der Waals surface area contributed by atoms with Crippen LogP contribution in [0.25, 0.3) is 0 Å². The third-order valence-corrected chi connectivity index (χ3v) is 10.1. The van der Waals surface area contributed by atoms with E-state index in [0.717, 1.165) is 35.2 Å². The van der Waals surface area contributed by atoms with E-state index in [1.165, 1.54) is 11.1 Å². The summed E-state index contributed by atoms with van der Waals surface area (Å²) in [5, 5.41) is 8.45. The number of ketones is 1. The molecule has 0 bridgehead atoms. The van der Waals surface area contributed by atoms with Crippen molar-refractivity contribution in [2.45, 2.75) is 45.1 Å². The number of hydrogen-bond acceptors (Lipinski definition) is 4. The van der Waals surface area contributed by atoms with Gasteiger partial charge in [-0.25, -0.2) is 9.67 Å². The van der Waals surface area contributed by atoms with E-state index in [4.69, 9.17) is 21.7 Å². The Labute approximate surface area is 303 Å². The topological polar surface area (TPSA) is 76.3 Å². The first-order valence-corrected chi connectivity index (χ1v) is 17.9. The number of aliphatic imine (C=N–C) groups is 1. The molecule has 6 aromatic rings. The van der Waals surface area contributed by atoms with Crippen LogP contribution in [0.5, 0.6) is 0 Å². The molecule has 0 aliphatic carbocycles. The van der Waals surface area contributed by atoms with Crippen molar-refractivity contribution in [3.8, 4) is 0 Å². The molecule has 2 heterocycles. The second-order valence-electron chi connectivity index (χ2n) is 12.9. The van der Waals surface area contributed by atoms with Crippen molar-refractivity contribution in [3.63, 3.8) is 0 Å². The van der Waals surface area contributed by atoms with Crippen LogP contribution in [0.4, 0.5) is 11.5 Å². The van der Waals surface area contributed by atoms with Crippen molar-refractivity contribution in [2.24, 2.45) is 10.9 Å². The SMILES string of the molecule is CCc1ccc(C(=O)C[C@H](c2ccccc2)[C@H]2C(c3ccc(CC)cc3)=Nc3c(C(=O)Nc4ccc(Cl)cc4)cnn3[C@@H]2c2ccccc2)cc1. The van der Waals surface area contributed by atoms with Crippen LogP contribution in [0, 0.1) is 5.92 Å². The number of nitrogens with zero attached hydrogens (tertiary/aromatic N) is 3. The van der Waals surface area contributed by atoms with Crippen molar-refractivity contribution in [1.82, 2.24) is 9.78 Å². The lowest BCUT2D eigenvalue weighted by atomic mass is 9.71. The van der Waals surface area contributed by atoms with E-state index in [2.05, 4.69) is 67.7 Å². The zero-order chi connectivity index (χ0) is 35.3. The number of halogens is 1. The van der Waals surface area contributed by atoms with Gasteiger partial charge >= 0.3 is 0 Å². The summed E-state index contributed by atoms with van der Waals surface area (Å²) in [4.78, 5) is 33.5. The minimum atomic E-state index is -0.378. The monoisotopic (exact) mass is 690 g/mol. The van der Waals surface area contributed by atoms with E-state index >= 15 is 0 Å². The minimum absolute atomic E-state index is 0.0632. The third-order valence-electron chi connectivity index (χ3n) is 9.81. The molecule has 0 saturated heterocycles. The molecule has 1 aliphatic heterocycles. The molecule has 0 radical (unpaired) electrons. The molecule has 0 saturated carbocycles. The van der Waals surface area contributed by atoms with Gasteiger partial charge in [-0.3, -0.25) is 9.59 Å². The molecule has 7 heteroatoms. The van der Waals surface area contributed by atoms with Gasteiger partial charge in [0.1, 0.15) is 5.56 Å². The normalized spacial score (nSPS) is 15.8. The zero-order valence-electron chi connectivity index (χ0n) is 28.7. The summed E-state index contributed by atoms with van der Waals surface area (Å²) < 4.78 is 1.87. The lowest BCUT2D eigenvalue weighted by Crippen LogP contribution is -2.37. The van der Waals surface area contributed by atoms with Gasteiger partial charge in [-0.15, -0.1) is 0 Å². The third kappa shape index (κ3) is 7.19. The maximum Gasteiger partial charge on any atom is 0.261 e. The van der Waals surface area contributed by atoms with Crippen LogP contribution in [-0.2, 0) is 12.8 Å². The smallest absolute Gasteiger partial charge is 0.261 e. The fourth-order valence-corrected chi connectivity index (χ4v) is 7.15. The number of carbonyl (C=O) groups is 2. The Kier molecular flexibility index (Phi) is 10.0. The fourth-order valence-electron chi connectivity index (χ4n) is 7.03. The first-order valence-electron chi connectivity index (χ1n) is 17.5. The van der Waals surface area contributed by atoms with Gasteiger partial charge in [-0.2, -0.15) is 5.10 Å². The molecule has 1 aromatic heterocycles. The number of nitrogens with one attached hydrogen (secondary N) is 1. The van der Waals surface area contributed by atoms with Crippen molar-refractivity contribution >= 4 is 40.5 Å². The molecular weight excluding hydrogens is 652 g/mol. The highest BCUT2D eigenvalue weighted by Crippen LogP contribution is 2.47. The Bertz CT molecular complexity index is 2160. The van der Waals surface area contributed by atoms with Crippen molar-refractivity contribution in [3.05, 3.63) is 184 Å². The number of anilines is 1. The number of aromatic nitrogens is 2. The van der Waals surface area contributed by atoms with Gasteiger partial charge < -0.3 is 5.32 Å². The van der Waals surface area contributed by atoms with Gasteiger partial charge in [0.25, 0.3) is 5.91 Å². The largest absolute Gasteiger partial charge is 0.322 e. The average Bonchev–Trinajstić information content (AvgIpc) is 3.62. The van der Waals surface area contributed by atoms with Gasteiger partial charge in [0.2, 0.25) is 0 Å². The van der Waals surface area contributed by atoms with E-state index in [9.17, 15) is 9.59 Å². The molecule has 254 valence electrons. The highest BCUT2D eigenvalue weighted by Gasteiger charge is 2.43. The van der Waals surface area contributed by atoms with E-state index in [1.54, 1.807) is 30.5 Å². The summed E-state index contributed by atoms with van der Waals surface area (Å²) in [6, 6.07) is 43.5. The zero-order valence-corrected chi connectivity index (χ0v) is 29.4. The summed E-state index contributed by atoms with van der Waals surface area (Å²) in [5.41, 5.74) is 7.86. The van der Waals surface area contributed by atoms with E-state index in [-0.39, 0.29) is 36.0 Å². The second-order valence-corrected chi connectivity index (χ2v) is 13.3. The predicted octanol–water partition coefficient (Wildman–Crippen LogP) is 10.3. The van der Waals surface area contributed by atoms with Crippen LogP contribution in [0.3, 0.4) is 0 Å². The summed E-state index contributed by atoms with van der Waals surface area (Å²) in [6.45, 7) is 4.24. The van der Waals surface area contributed by atoms with Crippen molar-refractivity contribution in [2.75, 3.05) is 5.32 Å². The van der Waals surface area contributed by atoms with E-state index < -0.39 is 0 Å². The maximum absolute atomic E-state index is 14.3. The van der Waals surface area contributed by atoms with Crippen LogP contribution in [0.1, 0.15) is 80.8 Å². The van der Waals surface area contributed by atoms with Gasteiger partial charge in [0.15, 0.2) is 11.6 Å². The van der Waals surface area contributed by atoms with Crippen LogP contribution in [-0.4, -0.2) is 27.2 Å². The molecule has 7 rings (SSSR count). The maximum atomic E-state index is 14.3. The van der Waals surface area contributed by atoms with Crippen molar-refractivity contribution in [1.29, 1.82) is 0 Å². The standard InChI is InChI=1S/C44H39ClN4O2/c1-3-29-15-19-32(20-16-29)39(50)27-37(31-11-7-5-8-12-31)40-41(33-21-17-30(4-2)18-22-33)48-43-38(44(51)47-36-25-23-35(45)24-26-36)28-46-49(43)42(40)34-13-9-6-10-14-34/h5-26,28,37,40,42H,3-4,27H2,1-2H3,(H,47,51)/t37-,40+,42-/m1/s1. The Morgan fingerprint density at radius 2 is 1.37 bits per heavy atom. The summed E-state index contributed by atoms with van der Waals surface area (Å²) >= 11 is 6.11. The van der Waals surface area contributed by atoms with Gasteiger partial charge in [-0.1, -0.05) is 135 Å². The Morgan fingerprint density at radius 3 is 2.00 bits per heavy atom. The van der Waals surface area contributed by atoms with Crippen LogP contribution in [0.2, 0.25) is 5.02 Å².